The van der Waals surface area contributed by atoms with E-state index in [4.69, 9.17) is 0 Å². The van der Waals surface area contributed by atoms with E-state index in [2.05, 4.69) is 10.6 Å². The second-order valence-corrected chi connectivity index (χ2v) is 8.69. The van der Waals surface area contributed by atoms with Gasteiger partial charge in [0.1, 0.15) is 5.82 Å². The molecule has 0 bridgehead atoms. The molecular weight excluding hydrogens is 381 g/mol. The predicted octanol–water partition coefficient (Wildman–Crippen LogP) is 3.44. The van der Waals surface area contributed by atoms with Crippen molar-refractivity contribution in [2.75, 3.05) is 30.3 Å². The molecule has 6 nitrogen and oxygen atoms in total. The van der Waals surface area contributed by atoms with Crippen molar-refractivity contribution in [1.29, 1.82) is 0 Å². The molecule has 1 heterocycles. The number of halogens is 1. The first-order valence-corrected chi connectivity index (χ1v) is 10.8. The van der Waals surface area contributed by atoms with E-state index in [1.54, 1.807) is 28.6 Å². The Morgan fingerprint density at radius 1 is 0.964 bits per heavy atom. The maximum Gasteiger partial charge on any atom is 0.243 e. The molecule has 0 atom stereocenters. The van der Waals surface area contributed by atoms with E-state index in [1.807, 2.05) is 0 Å². The highest BCUT2D eigenvalue weighted by Crippen LogP contribution is 2.22. The first-order chi connectivity index (χ1) is 13.4. The summed E-state index contributed by atoms with van der Waals surface area (Å²) in [6.07, 6.45) is 3.86. The monoisotopic (exact) mass is 405 g/mol. The Balaban J connectivity index is 1.62. The number of carbonyl (C=O) groups excluding carboxylic acids is 1. The van der Waals surface area contributed by atoms with Gasteiger partial charge in [-0.2, -0.15) is 4.31 Å². The summed E-state index contributed by atoms with van der Waals surface area (Å²) < 4.78 is 40.2. The first-order valence-electron chi connectivity index (χ1n) is 9.35. The lowest BCUT2D eigenvalue weighted by molar-refractivity contribution is -0.114. The third kappa shape index (κ3) is 5.30. The second kappa shape index (κ2) is 9.16. The smallest absolute Gasteiger partial charge is 0.243 e. The van der Waals surface area contributed by atoms with Crippen LogP contribution in [0.5, 0.6) is 0 Å². The summed E-state index contributed by atoms with van der Waals surface area (Å²) >= 11 is 0. The third-order valence-electron chi connectivity index (χ3n) is 4.62. The fraction of sp³-hybridized carbons (Fsp3) is 0.350. The minimum absolute atomic E-state index is 0.0371. The van der Waals surface area contributed by atoms with Crippen LogP contribution in [0, 0.1) is 5.82 Å². The van der Waals surface area contributed by atoms with Crippen molar-refractivity contribution >= 4 is 27.3 Å². The largest absolute Gasteiger partial charge is 0.376 e. The van der Waals surface area contributed by atoms with Crippen molar-refractivity contribution in [1.82, 2.24) is 4.31 Å². The molecule has 28 heavy (non-hydrogen) atoms. The molecule has 0 unspecified atom stereocenters. The maximum absolute atomic E-state index is 12.9. The Morgan fingerprint density at radius 2 is 1.64 bits per heavy atom. The molecule has 0 saturated carbocycles. The van der Waals surface area contributed by atoms with Crippen LogP contribution in [0.1, 0.15) is 25.7 Å². The Kier molecular flexibility index (Phi) is 6.64. The topological polar surface area (TPSA) is 78.5 Å². The fourth-order valence-corrected chi connectivity index (χ4v) is 4.68. The summed E-state index contributed by atoms with van der Waals surface area (Å²) in [6, 6.07) is 12.0. The lowest BCUT2D eigenvalue weighted by Crippen LogP contribution is -2.32. The zero-order valence-electron chi connectivity index (χ0n) is 15.5. The molecular formula is C20H24FN3O3S. The number of nitrogens with one attached hydrogen (secondary N) is 2. The van der Waals surface area contributed by atoms with Gasteiger partial charge in [-0.05, 0) is 55.3 Å². The molecule has 2 aromatic rings. The Labute approximate surface area is 164 Å². The van der Waals surface area contributed by atoms with Crippen LogP contribution in [0.3, 0.4) is 0 Å². The number of benzene rings is 2. The maximum atomic E-state index is 12.9. The van der Waals surface area contributed by atoms with Gasteiger partial charge < -0.3 is 10.6 Å². The van der Waals surface area contributed by atoms with Crippen LogP contribution in [0.2, 0.25) is 0 Å². The van der Waals surface area contributed by atoms with Crippen LogP contribution in [0.4, 0.5) is 15.8 Å². The van der Waals surface area contributed by atoms with Crippen molar-refractivity contribution in [3.8, 4) is 0 Å². The van der Waals surface area contributed by atoms with Gasteiger partial charge in [0, 0.05) is 24.5 Å². The normalized spacial score (nSPS) is 15.6. The molecule has 1 aliphatic heterocycles. The predicted molar refractivity (Wildman–Crippen MR) is 107 cm³/mol. The number of hydrogen-bond donors (Lipinski definition) is 2. The number of sulfonamides is 1. The van der Waals surface area contributed by atoms with Crippen molar-refractivity contribution < 1.29 is 17.6 Å². The van der Waals surface area contributed by atoms with Gasteiger partial charge >= 0.3 is 0 Å². The number of amides is 1. The van der Waals surface area contributed by atoms with Crippen LogP contribution < -0.4 is 10.6 Å². The van der Waals surface area contributed by atoms with E-state index in [-0.39, 0.29) is 23.2 Å². The molecule has 2 N–H and O–H groups in total. The van der Waals surface area contributed by atoms with Crippen LogP contribution in [-0.4, -0.2) is 38.3 Å². The quantitative estimate of drug-likeness (QED) is 0.772. The lowest BCUT2D eigenvalue weighted by Gasteiger charge is -2.20. The molecule has 8 heteroatoms. The molecule has 1 amide bonds. The number of nitrogens with zero attached hydrogens (tertiary/aromatic N) is 1. The molecule has 1 aliphatic rings. The standard InChI is InChI=1S/C20H24FN3O3S/c21-16-8-10-17(11-9-16)23-20(25)15-22-18-6-5-7-19(14-18)28(26,27)24-12-3-1-2-4-13-24/h5-11,14,22H,1-4,12-13,15H2,(H,23,25). The minimum Gasteiger partial charge on any atom is -0.376 e. The minimum atomic E-state index is -3.54. The molecule has 0 radical (unpaired) electrons. The lowest BCUT2D eigenvalue weighted by atomic mass is 10.2. The number of anilines is 2. The molecule has 2 aromatic carbocycles. The van der Waals surface area contributed by atoms with Crippen LogP contribution in [0.25, 0.3) is 0 Å². The van der Waals surface area contributed by atoms with Gasteiger partial charge in [-0.15, -0.1) is 0 Å². The van der Waals surface area contributed by atoms with Crippen molar-refractivity contribution in [2.24, 2.45) is 0 Å². The van der Waals surface area contributed by atoms with Gasteiger partial charge in [-0.1, -0.05) is 18.9 Å². The van der Waals surface area contributed by atoms with Crippen LogP contribution >= 0.6 is 0 Å². The van der Waals surface area contributed by atoms with E-state index >= 15 is 0 Å². The second-order valence-electron chi connectivity index (χ2n) is 6.75. The van der Waals surface area contributed by atoms with Crippen LogP contribution in [0.15, 0.2) is 53.4 Å². The number of hydrogen-bond acceptors (Lipinski definition) is 4. The highest BCUT2D eigenvalue weighted by Gasteiger charge is 2.25. The van der Waals surface area contributed by atoms with Crippen molar-refractivity contribution in [3.05, 3.63) is 54.3 Å². The van der Waals surface area contributed by atoms with E-state index in [1.165, 1.54) is 24.3 Å². The molecule has 150 valence electrons. The molecule has 1 fully saturated rings. The Bertz CT molecular complexity index is 909. The van der Waals surface area contributed by atoms with Gasteiger partial charge in [-0.3, -0.25) is 4.79 Å². The van der Waals surface area contributed by atoms with E-state index in [0.29, 0.717) is 24.5 Å². The van der Waals surface area contributed by atoms with E-state index in [0.717, 1.165) is 25.7 Å². The van der Waals surface area contributed by atoms with Crippen molar-refractivity contribution in [2.45, 2.75) is 30.6 Å². The molecule has 0 spiro atoms. The number of rotatable bonds is 6. The van der Waals surface area contributed by atoms with Gasteiger partial charge in [0.2, 0.25) is 15.9 Å². The molecule has 3 rings (SSSR count). The number of carbonyl (C=O) groups is 1. The summed E-state index contributed by atoms with van der Waals surface area (Å²) in [6.45, 7) is 1.05. The average molecular weight is 405 g/mol. The third-order valence-corrected chi connectivity index (χ3v) is 6.51. The summed E-state index contributed by atoms with van der Waals surface area (Å²) in [5.41, 5.74) is 1.04. The highest BCUT2D eigenvalue weighted by atomic mass is 32.2. The average Bonchev–Trinajstić information content (AvgIpc) is 2.99. The van der Waals surface area contributed by atoms with Crippen LogP contribution in [-0.2, 0) is 14.8 Å². The highest BCUT2D eigenvalue weighted by molar-refractivity contribution is 7.89. The Hall–Kier alpha value is -2.45. The molecule has 0 aliphatic carbocycles. The van der Waals surface area contributed by atoms with Crippen molar-refractivity contribution in [3.63, 3.8) is 0 Å². The fourth-order valence-electron chi connectivity index (χ4n) is 3.12. The molecule has 1 saturated heterocycles. The summed E-state index contributed by atoms with van der Waals surface area (Å²) in [7, 11) is -3.54. The van der Waals surface area contributed by atoms with Gasteiger partial charge in [0.15, 0.2) is 0 Å². The summed E-state index contributed by atoms with van der Waals surface area (Å²) in [5.74, 6) is -0.689. The van der Waals surface area contributed by atoms with E-state index in [9.17, 15) is 17.6 Å². The molecule has 0 aromatic heterocycles. The van der Waals surface area contributed by atoms with Gasteiger partial charge in [-0.25, -0.2) is 12.8 Å². The summed E-state index contributed by atoms with van der Waals surface area (Å²) in [4.78, 5) is 12.3. The van der Waals surface area contributed by atoms with E-state index < -0.39 is 10.0 Å². The zero-order chi connectivity index (χ0) is 20.0. The summed E-state index contributed by atoms with van der Waals surface area (Å²) in [5, 5.41) is 5.58. The van der Waals surface area contributed by atoms with Gasteiger partial charge in [0.05, 0.1) is 11.4 Å². The first kappa shape index (κ1) is 20.3. The SMILES string of the molecule is O=C(CNc1cccc(S(=O)(=O)N2CCCCCC2)c1)Nc1ccc(F)cc1. The van der Waals surface area contributed by atoms with Gasteiger partial charge in [0.25, 0.3) is 0 Å². The Morgan fingerprint density at radius 3 is 2.32 bits per heavy atom. The zero-order valence-corrected chi connectivity index (χ0v) is 16.3.